The van der Waals surface area contributed by atoms with Gasteiger partial charge in [-0.3, -0.25) is 4.79 Å². The highest BCUT2D eigenvalue weighted by Crippen LogP contribution is 2.53. The quantitative estimate of drug-likeness (QED) is 0.699. The lowest BCUT2D eigenvalue weighted by Gasteiger charge is -2.57. The van der Waals surface area contributed by atoms with Gasteiger partial charge in [0, 0.05) is 12.5 Å². The van der Waals surface area contributed by atoms with Crippen LogP contribution in [-0.4, -0.2) is 11.9 Å². The minimum atomic E-state index is 0.172. The van der Waals surface area contributed by atoms with Crippen LogP contribution in [0.5, 0.6) is 0 Å². The van der Waals surface area contributed by atoms with E-state index < -0.39 is 0 Å². The fourth-order valence-corrected chi connectivity index (χ4v) is 2.96. The van der Waals surface area contributed by atoms with E-state index in [0.717, 1.165) is 0 Å². The molecule has 2 nitrogen and oxygen atoms in total. The average molecular weight is 183 g/mol. The summed E-state index contributed by atoms with van der Waals surface area (Å²) in [7, 11) is 0. The number of hydrogen-bond acceptors (Lipinski definition) is 1. The molecule has 1 amide bonds. The van der Waals surface area contributed by atoms with Gasteiger partial charge in [0.15, 0.2) is 0 Å². The SMILES string of the molecule is CCC(=O)NC1C(C)(C)CC1(C)C. The summed E-state index contributed by atoms with van der Waals surface area (Å²) < 4.78 is 0. The molecule has 1 aliphatic carbocycles. The fourth-order valence-electron chi connectivity index (χ4n) is 2.96. The number of rotatable bonds is 2. The number of nitrogens with one attached hydrogen (secondary N) is 1. The van der Waals surface area contributed by atoms with Crippen molar-refractivity contribution in [3.05, 3.63) is 0 Å². The second-order valence-corrected chi connectivity index (χ2v) is 5.51. The van der Waals surface area contributed by atoms with Crippen molar-refractivity contribution in [1.82, 2.24) is 5.32 Å². The minimum absolute atomic E-state index is 0.172. The van der Waals surface area contributed by atoms with Gasteiger partial charge in [-0.25, -0.2) is 0 Å². The van der Waals surface area contributed by atoms with Crippen molar-refractivity contribution in [2.75, 3.05) is 0 Å². The van der Waals surface area contributed by atoms with Crippen molar-refractivity contribution in [2.24, 2.45) is 10.8 Å². The van der Waals surface area contributed by atoms with Crippen molar-refractivity contribution in [2.45, 2.75) is 53.5 Å². The molecule has 0 bridgehead atoms. The van der Waals surface area contributed by atoms with Gasteiger partial charge < -0.3 is 5.32 Å². The summed E-state index contributed by atoms with van der Waals surface area (Å²) in [6.45, 7) is 10.8. The Morgan fingerprint density at radius 1 is 1.31 bits per heavy atom. The normalized spacial score (nSPS) is 25.0. The molecule has 76 valence electrons. The Bertz CT molecular complexity index is 204. The molecule has 1 saturated carbocycles. The molecule has 0 aromatic carbocycles. The summed E-state index contributed by atoms with van der Waals surface area (Å²) in [6, 6.07) is 0.340. The molecule has 1 aliphatic rings. The molecule has 0 unspecified atom stereocenters. The second-order valence-electron chi connectivity index (χ2n) is 5.51. The van der Waals surface area contributed by atoms with Crippen LogP contribution in [0.25, 0.3) is 0 Å². The van der Waals surface area contributed by atoms with Crippen LogP contribution in [0, 0.1) is 10.8 Å². The van der Waals surface area contributed by atoms with E-state index in [9.17, 15) is 4.79 Å². The molecule has 0 aromatic heterocycles. The Labute approximate surface area is 81.1 Å². The lowest BCUT2D eigenvalue weighted by molar-refractivity contribution is -0.129. The summed E-state index contributed by atoms with van der Waals surface area (Å²) >= 11 is 0. The van der Waals surface area contributed by atoms with Gasteiger partial charge >= 0.3 is 0 Å². The van der Waals surface area contributed by atoms with Gasteiger partial charge in [-0.05, 0) is 17.3 Å². The van der Waals surface area contributed by atoms with Gasteiger partial charge in [0.1, 0.15) is 0 Å². The first kappa shape index (κ1) is 10.6. The van der Waals surface area contributed by atoms with E-state index >= 15 is 0 Å². The van der Waals surface area contributed by atoms with Crippen molar-refractivity contribution in [1.29, 1.82) is 0 Å². The maximum Gasteiger partial charge on any atom is 0.219 e. The molecule has 13 heavy (non-hydrogen) atoms. The van der Waals surface area contributed by atoms with Crippen LogP contribution in [-0.2, 0) is 4.79 Å². The number of amides is 1. The van der Waals surface area contributed by atoms with Crippen LogP contribution in [0.15, 0.2) is 0 Å². The highest BCUT2D eigenvalue weighted by molar-refractivity contribution is 5.76. The van der Waals surface area contributed by atoms with Gasteiger partial charge in [-0.15, -0.1) is 0 Å². The Balaban J connectivity index is 2.61. The third kappa shape index (κ3) is 1.87. The van der Waals surface area contributed by atoms with E-state index in [1.165, 1.54) is 6.42 Å². The third-order valence-electron chi connectivity index (χ3n) is 3.10. The monoisotopic (exact) mass is 183 g/mol. The Morgan fingerprint density at radius 3 is 2.08 bits per heavy atom. The predicted molar refractivity (Wildman–Crippen MR) is 54.4 cm³/mol. The lowest BCUT2D eigenvalue weighted by Crippen LogP contribution is -2.63. The lowest BCUT2D eigenvalue weighted by atomic mass is 9.52. The molecule has 0 atom stereocenters. The van der Waals surface area contributed by atoms with Gasteiger partial charge in [-0.2, -0.15) is 0 Å². The smallest absolute Gasteiger partial charge is 0.219 e. The zero-order valence-electron chi connectivity index (χ0n) is 9.40. The number of carbonyl (C=O) groups is 1. The number of carbonyl (C=O) groups excluding carboxylic acids is 1. The Hall–Kier alpha value is -0.530. The Kier molecular flexibility index (Phi) is 2.44. The highest BCUT2D eigenvalue weighted by Gasteiger charge is 2.53. The zero-order valence-corrected chi connectivity index (χ0v) is 9.40. The highest BCUT2D eigenvalue weighted by atomic mass is 16.1. The van der Waals surface area contributed by atoms with E-state index in [1.807, 2.05) is 6.92 Å². The molecule has 1 N–H and O–H groups in total. The molecule has 0 radical (unpaired) electrons. The van der Waals surface area contributed by atoms with Crippen molar-refractivity contribution < 1.29 is 4.79 Å². The Morgan fingerprint density at radius 2 is 1.77 bits per heavy atom. The van der Waals surface area contributed by atoms with E-state index in [4.69, 9.17) is 0 Å². The van der Waals surface area contributed by atoms with Gasteiger partial charge in [-0.1, -0.05) is 34.6 Å². The van der Waals surface area contributed by atoms with Gasteiger partial charge in [0.2, 0.25) is 5.91 Å². The summed E-state index contributed by atoms with van der Waals surface area (Å²) in [6.07, 6.45) is 1.78. The minimum Gasteiger partial charge on any atom is -0.352 e. The molecule has 1 fully saturated rings. The topological polar surface area (TPSA) is 29.1 Å². The molecule has 1 rings (SSSR count). The first-order valence-electron chi connectivity index (χ1n) is 5.09. The molecule has 0 aliphatic heterocycles. The van der Waals surface area contributed by atoms with E-state index in [-0.39, 0.29) is 16.7 Å². The molecular weight excluding hydrogens is 162 g/mol. The van der Waals surface area contributed by atoms with Crippen LogP contribution in [0.2, 0.25) is 0 Å². The molecule has 0 saturated heterocycles. The molecular formula is C11H21NO. The van der Waals surface area contributed by atoms with E-state index in [2.05, 4.69) is 33.0 Å². The van der Waals surface area contributed by atoms with Crippen LogP contribution in [0.4, 0.5) is 0 Å². The van der Waals surface area contributed by atoms with Crippen LogP contribution in [0.1, 0.15) is 47.5 Å². The third-order valence-corrected chi connectivity index (χ3v) is 3.10. The zero-order chi connectivity index (χ0) is 10.3. The average Bonchev–Trinajstić information content (AvgIpc) is 1.97. The summed E-state index contributed by atoms with van der Waals surface area (Å²) in [4.78, 5) is 11.3. The van der Waals surface area contributed by atoms with E-state index in [1.54, 1.807) is 0 Å². The maximum atomic E-state index is 11.3. The largest absolute Gasteiger partial charge is 0.352 e. The van der Waals surface area contributed by atoms with Gasteiger partial charge in [0.25, 0.3) is 0 Å². The molecule has 2 heteroatoms. The van der Waals surface area contributed by atoms with Crippen molar-refractivity contribution in [3.8, 4) is 0 Å². The van der Waals surface area contributed by atoms with Crippen LogP contribution >= 0.6 is 0 Å². The van der Waals surface area contributed by atoms with Crippen LogP contribution in [0.3, 0.4) is 0 Å². The predicted octanol–water partition coefficient (Wildman–Crippen LogP) is 2.34. The summed E-state index contributed by atoms with van der Waals surface area (Å²) in [5.41, 5.74) is 0.544. The van der Waals surface area contributed by atoms with Crippen molar-refractivity contribution >= 4 is 5.91 Å². The fraction of sp³-hybridized carbons (Fsp3) is 0.909. The molecule has 0 spiro atoms. The standard InChI is InChI=1S/C11H21NO/c1-6-8(13)12-9-10(2,3)7-11(9,4)5/h9H,6-7H2,1-5H3,(H,12,13). The first-order valence-corrected chi connectivity index (χ1v) is 5.09. The molecule has 0 aromatic rings. The molecule has 0 heterocycles. The van der Waals surface area contributed by atoms with Gasteiger partial charge in [0.05, 0.1) is 0 Å². The summed E-state index contributed by atoms with van der Waals surface area (Å²) in [5.74, 6) is 0.172. The second kappa shape index (κ2) is 3.00. The maximum absolute atomic E-state index is 11.3. The summed E-state index contributed by atoms with van der Waals surface area (Å²) in [5, 5.41) is 3.11. The van der Waals surface area contributed by atoms with E-state index in [0.29, 0.717) is 12.5 Å². The first-order chi connectivity index (χ1) is 5.79. The van der Waals surface area contributed by atoms with Crippen LogP contribution < -0.4 is 5.32 Å². The van der Waals surface area contributed by atoms with Crippen molar-refractivity contribution in [3.63, 3.8) is 0 Å². The number of hydrogen-bond donors (Lipinski definition) is 1.